The minimum absolute atomic E-state index is 0.212. The fraction of sp³-hybridized carbons (Fsp3) is 0.316. The number of carbonyl (C=O) groups is 1. The molecule has 0 aliphatic carbocycles. The molecule has 0 saturated heterocycles. The fourth-order valence-electron chi connectivity index (χ4n) is 2.36. The van der Waals surface area contributed by atoms with Gasteiger partial charge in [0.05, 0.1) is 12.0 Å². The quantitative estimate of drug-likeness (QED) is 0.269. The van der Waals surface area contributed by atoms with Crippen molar-refractivity contribution in [2.24, 2.45) is 5.92 Å². The summed E-state index contributed by atoms with van der Waals surface area (Å²) in [5.74, 6) is 0.110. The number of hydrogen-bond donors (Lipinski definition) is 0. The van der Waals surface area contributed by atoms with E-state index < -0.39 is 0 Å². The third-order valence-corrected chi connectivity index (χ3v) is 6.16. The summed E-state index contributed by atoms with van der Waals surface area (Å²) in [6.45, 7) is 6.34. The molecule has 7 heteroatoms. The van der Waals surface area contributed by atoms with Gasteiger partial charge in [-0.15, -0.1) is 11.3 Å². The molecule has 0 aliphatic rings. The number of esters is 1. The van der Waals surface area contributed by atoms with E-state index in [1.165, 1.54) is 11.8 Å². The van der Waals surface area contributed by atoms with E-state index in [1.54, 1.807) is 17.7 Å². The van der Waals surface area contributed by atoms with Crippen molar-refractivity contribution in [3.63, 3.8) is 0 Å². The highest BCUT2D eigenvalue weighted by atomic mass is 79.9. The van der Waals surface area contributed by atoms with Crippen molar-refractivity contribution < 1.29 is 9.53 Å². The second-order valence-corrected chi connectivity index (χ2v) is 9.40. The molecule has 2 heterocycles. The van der Waals surface area contributed by atoms with Crippen molar-refractivity contribution in [1.82, 2.24) is 9.97 Å². The minimum Gasteiger partial charge on any atom is -0.465 e. The molecule has 0 spiro atoms. The maximum Gasteiger partial charge on any atom is 0.319 e. The van der Waals surface area contributed by atoms with Gasteiger partial charge < -0.3 is 4.74 Å². The number of halogens is 1. The summed E-state index contributed by atoms with van der Waals surface area (Å²) in [6.07, 6.45) is 1.55. The Morgan fingerprint density at radius 1 is 1.23 bits per heavy atom. The molecule has 3 rings (SSSR count). The molecule has 26 heavy (non-hydrogen) atoms. The first-order chi connectivity index (χ1) is 12.5. The number of rotatable bonds is 6. The predicted molar refractivity (Wildman–Crippen MR) is 112 cm³/mol. The van der Waals surface area contributed by atoms with E-state index >= 15 is 0 Å². The zero-order valence-corrected chi connectivity index (χ0v) is 18.0. The molecule has 1 aromatic carbocycles. The zero-order valence-electron chi connectivity index (χ0n) is 14.7. The molecule has 0 unspecified atom stereocenters. The average Bonchev–Trinajstić information content (AvgIpc) is 3.05. The number of ether oxygens (including phenoxy) is 1. The first-order valence-corrected chi connectivity index (χ1v) is 10.8. The summed E-state index contributed by atoms with van der Waals surface area (Å²) in [7, 11) is 0. The standard InChI is InChI=1S/C19H19BrN2O2S2/c1-11(2)8-24-19(23)12(3)26-18-16-15(9-25-17(16)21-10-22-18)13-4-6-14(20)7-5-13/h4-7,9-12H,8H2,1-3H3/t12-/m1/s1. The van der Waals surface area contributed by atoms with Crippen molar-refractivity contribution in [2.45, 2.75) is 31.0 Å². The van der Waals surface area contributed by atoms with Gasteiger partial charge in [-0.3, -0.25) is 4.79 Å². The third-order valence-electron chi connectivity index (χ3n) is 3.67. The Kier molecular flexibility index (Phi) is 6.32. The van der Waals surface area contributed by atoms with E-state index in [2.05, 4.69) is 43.4 Å². The Balaban J connectivity index is 1.90. The Hall–Kier alpha value is -1.44. The molecule has 1 atom stereocenters. The van der Waals surface area contributed by atoms with Crippen molar-refractivity contribution in [3.8, 4) is 11.1 Å². The Morgan fingerprint density at radius 3 is 2.65 bits per heavy atom. The summed E-state index contributed by atoms with van der Waals surface area (Å²) in [4.78, 5) is 22.0. The first-order valence-electron chi connectivity index (χ1n) is 8.27. The Morgan fingerprint density at radius 2 is 1.96 bits per heavy atom. The van der Waals surface area contributed by atoms with E-state index in [9.17, 15) is 4.79 Å². The van der Waals surface area contributed by atoms with Crippen LogP contribution in [0.5, 0.6) is 0 Å². The van der Waals surface area contributed by atoms with Crippen LogP contribution in [0.4, 0.5) is 0 Å². The monoisotopic (exact) mass is 450 g/mol. The van der Waals surface area contributed by atoms with E-state index in [0.29, 0.717) is 12.5 Å². The molecular weight excluding hydrogens is 432 g/mol. The summed E-state index contributed by atoms with van der Waals surface area (Å²) in [6, 6.07) is 8.16. The van der Waals surface area contributed by atoms with Crippen molar-refractivity contribution in [1.29, 1.82) is 0 Å². The lowest BCUT2D eigenvalue weighted by Crippen LogP contribution is -2.19. The molecule has 136 valence electrons. The van der Waals surface area contributed by atoms with E-state index in [4.69, 9.17) is 4.74 Å². The number of thioether (sulfide) groups is 1. The van der Waals surface area contributed by atoms with Gasteiger partial charge in [-0.25, -0.2) is 9.97 Å². The highest BCUT2D eigenvalue weighted by molar-refractivity contribution is 9.10. The first kappa shape index (κ1) is 19.3. The molecule has 0 fully saturated rings. The van der Waals surface area contributed by atoms with Crippen LogP contribution in [-0.2, 0) is 9.53 Å². The third kappa shape index (κ3) is 4.45. The zero-order chi connectivity index (χ0) is 18.7. The average molecular weight is 451 g/mol. The smallest absolute Gasteiger partial charge is 0.319 e. The second-order valence-electron chi connectivity index (χ2n) is 6.30. The van der Waals surface area contributed by atoms with Gasteiger partial charge in [0.15, 0.2) is 0 Å². The molecular formula is C19H19BrN2O2S2. The largest absolute Gasteiger partial charge is 0.465 e. The summed E-state index contributed by atoms with van der Waals surface area (Å²) in [5, 5.41) is 3.56. The van der Waals surface area contributed by atoms with Gasteiger partial charge in [-0.1, -0.05) is 53.7 Å². The van der Waals surface area contributed by atoms with Crippen LogP contribution in [0.25, 0.3) is 21.3 Å². The van der Waals surface area contributed by atoms with Gasteiger partial charge in [0.25, 0.3) is 0 Å². The molecule has 2 aromatic heterocycles. The second kappa shape index (κ2) is 8.50. The van der Waals surface area contributed by atoms with E-state index in [0.717, 1.165) is 30.8 Å². The molecule has 3 aromatic rings. The lowest BCUT2D eigenvalue weighted by molar-refractivity contribution is -0.143. The summed E-state index contributed by atoms with van der Waals surface area (Å²) in [5.41, 5.74) is 2.19. The molecule has 0 aliphatic heterocycles. The van der Waals surface area contributed by atoms with Gasteiger partial charge in [-0.05, 0) is 30.5 Å². The molecule has 4 nitrogen and oxygen atoms in total. The van der Waals surface area contributed by atoms with Gasteiger partial charge in [0.1, 0.15) is 21.4 Å². The predicted octanol–water partition coefficient (Wildman–Crippen LogP) is 5.80. The van der Waals surface area contributed by atoms with Gasteiger partial charge >= 0.3 is 5.97 Å². The van der Waals surface area contributed by atoms with Crippen molar-refractivity contribution in [2.75, 3.05) is 6.61 Å². The van der Waals surface area contributed by atoms with Crippen LogP contribution in [0.15, 0.2) is 45.5 Å². The topological polar surface area (TPSA) is 52.1 Å². The van der Waals surface area contributed by atoms with Crippen LogP contribution in [-0.4, -0.2) is 27.8 Å². The number of hydrogen-bond acceptors (Lipinski definition) is 6. The van der Waals surface area contributed by atoms with E-state index in [-0.39, 0.29) is 11.2 Å². The summed E-state index contributed by atoms with van der Waals surface area (Å²) < 4.78 is 6.39. The number of fused-ring (bicyclic) bond motifs is 1. The number of carbonyl (C=O) groups excluding carboxylic acids is 1. The molecule has 0 amide bonds. The molecule has 0 N–H and O–H groups in total. The van der Waals surface area contributed by atoms with Crippen LogP contribution in [0.2, 0.25) is 0 Å². The lowest BCUT2D eigenvalue weighted by atomic mass is 10.1. The Labute approximate surface area is 169 Å². The van der Waals surface area contributed by atoms with Crippen molar-refractivity contribution in [3.05, 3.63) is 40.4 Å². The van der Waals surface area contributed by atoms with Crippen LogP contribution in [0.3, 0.4) is 0 Å². The van der Waals surface area contributed by atoms with Gasteiger partial charge in [0, 0.05) is 15.4 Å². The van der Waals surface area contributed by atoms with Crippen molar-refractivity contribution >= 4 is 55.2 Å². The lowest BCUT2D eigenvalue weighted by Gasteiger charge is -2.13. The van der Waals surface area contributed by atoms with Crippen LogP contribution < -0.4 is 0 Å². The summed E-state index contributed by atoms with van der Waals surface area (Å²) >= 11 is 6.47. The van der Waals surface area contributed by atoms with Gasteiger partial charge in [-0.2, -0.15) is 0 Å². The number of thiophene rings is 1. The van der Waals surface area contributed by atoms with E-state index in [1.807, 2.05) is 32.9 Å². The highest BCUT2D eigenvalue weighted by Gasteiger charge is 2.21. The van der Waals surface area contributed by atoms with Crippen LogP contribution >= 0.6 is 39.0 Å². The maximum atomic E-state index is 12.2. The highest BCUT2D eigenvalue weighted by Crippen LogP contribution is 2.39. The SMILES string of the molecule is CC(C)COC(=O)[C@@H](C)Sc1ncnc2scc(-c3ccc(Br)cc3)c12. The Bertz CT molecular complexity index is 910. The maximum absolute atomic E-state index is 12.2. The molecule has 0 radical (unpaired) electrons. The molecule has 0 saturated carbocycles. The normalized spacial score (nSPS) is 12.5. The molecule has 0 bridgehead atoms. The minimum atomic E-state index is -0.329. The van der Waals surface area contributed by atoms with Crippen LogP contribution in [0, 0.1) is 5.92 Å². The number of nitrogens with zero attached hydrogens (tertiary/aromatic N) is 2. The fourth-order valence-corrected chi connectivity index (χ4v) is 4.54. The number of aromatic nitrogens is 2. The number of benzene rings is 1. The van der Waals surface area contributed by atoms with Crippen LogP contribution in [0.1, 0.15) is 20.8 Å². The van der Waals surface area contributed by atoms with Gasteiger partial charge in [0.2, 0.25) is 0 Å².